The number of aryl methyl sites for hydroxylation is 2. The smallest absolute Gasteiger partial charge is 0.258 e. The molecule has 1 aliphatic rings. The van der Waals surface area contributed by atoms with Crippen molar-refractivity contribution in [1.82, 2.24) is 19.8 Å². The lowest BCUT2D eigenvalue weighted by Gasteiger charge is -2.31. The van der Waals surface area contributed by atoms with E-state index in [-0.39, 0.29) is 11.9 Å². The maximum Gasteiger partial charge on any atom is 0.258 e. The van der Waals surface area contributed by atoms with Gasteiger partial charge >= 0.3 is 0 Å². The van der Waals surface area contributed by atoms with Crippen LogP contribution in [0.1, 0.15) is 34.6 Å². The summed E-state index contributed by atoms with van der Waals surface area (Å²) in [6.07, 6.45) is 2.65. The Hall–Kier alpha value is -2.00. The van der Waals surface area contributed by atoms with Crippen LogP contribution in [0.3, 0.4) is 0 Å². The highest BCUT2D eigenvalue weighted by atomic mass is 32.2. The Morgan fingerprint density at radius 1 is 1.42 bits per heavy atom. The minimum absolute atomic E-state index is 0.218. The molecule has 0 spiro atoms. The van der Waals surface area contributed by atoms with Crippen molar-refractivity contribution >= 4 is 27.0 Å². The monoisotopic (exact) mass is 352 g/mol. The average Bonchev–Trinajstić information content (AvgIpc) is 2.87. The second kappa shape index (κ2) is 6.14. The zero-order valence-corrected chi connectivity index (χ0v) is 14.7. The number of hydrogen-bond acceptors (Lipinski definition) is 6. The Labute approximate surface area is 140 Å². The van der Waals surface area contributed by atoms with Crippen LogP contribution in [0.4, 0.5) is 0 Å². The molecule has 1 fully saturated rings. The van der Waals surface area contributed by atoms with Crippen LogP contribution in [0.15, 0.2) is 10.6 Å². The van der Waals surface area contributed by atoms with Gasteiger partial charge in [0.15, 0.2) is 0 Å². The second-order valence-corrected chi connectivity index (χ2v) is 8.18. The standard InChI is InChI=1S/C15H20N4O4S/c1-9-7-12(13-10(2)18-23-15(13)16-9)14(20)17-11-5-4-6-19(8-11)24(3,21)22/h7,11H,4-6,8H2,1-3H3,(H,17,20). The highest BCUT2D eigenvalue weighted by molar-refractivity contribution is 7.88. The van der Waals surface area contributed by atoms with E-state index in [0.29, 0.717) is 41.1 Å². The Bertz CT molecular complexity index is 890. The zero-order chi connectivity index (χ0) is 17.5. The molecule has 1 atom stereocenters. The van der Waals surface area contributed by atoms with Gasteiger partial charge in [0.1, 0.15) is 0 Å². The first-order valence-electron chi connectivity index (χ1n) is 7.75. The van der Waals surface area contributed by atoms with E-state index >= 15 is 0 Å². The predicted molar refractivity (Wildman–Crippen MR) is 88.2 cm³/mol. The normalized spacial score (nSPS) is 19.5. The lowest BCUT2D eigenvalue weighted by molar-refractivity contribution is 0.0923. The highest BCUT2D eigenvalue weighted by Crippen LogP contribution is 2.22. The van der Waals surface area contributed by atoms with Crippen LogP contribution in [0.5, 0.6) is 0 Å². The molecule has 0 radical (unpaired) electrons. The molecule has 0 bridgehead atoms. The molecular formula is C15H20N4O4S. The van der Waals surface area contributed by atoms with Gasteiger partial charge in [-0.2, -0.15) is 0 Å². The van der Waals surface area contributed by atoms with Crippen molar-refractivity contribution in [3.63, 3.8) is 0 Å². The minimum atomic E-state index is -3.25. The summed E-state index contributed by atoms with van der Waals surface area (Å²) >= 11 is 0. The number of aromatic nitrogens is 2. The molecule has 2 aromatic rings. The molecule has 3 heterocycles. The van der Waals surface area contributed by atoms with Crippen LogP contribution in [-0.2, 0) is 10.0 Å². The largest absolute Gasteiger partial charge is 0.348 e. The van der Waals surface area contributed by atoms with Crippen LogP contribution in [-0.4, -0.2) is 54.2 Å². The number of nitrogens with zero attached hydrogens (tertiary/aromatic N) is 3. The van der Waals surface area contributed by atoms with Gasteiger partial charge in [-0.3, -0.25) is 4.79 Å². The lowest BCUT2D eigenvalue weighted by Crippen LogP contribution is -2.49. The molecule has 130 valence electrons. The average molecular weight is 352 g/mol. The van der Waals surface area contributed by atoms with E-state index in [2.05, 4.69) is 15.5 Å². The van der Waals surface area contributed by atoms with Crippen molar-refractivity contribution < 1.29 is 17.7 Å². The molecule has 0 aliphatic carbocycles. The van der Waals surface area contributed by atoms with E-state index < -0.39 is 10.0 Å². The van der Waals surface area contributed by atoms with E-state index in [4.69, 9.17) is 4.52 Å². The fourth-order valence-corrected chi connectivity index (χ4v) is 3.93. The Balaban J connectivity index is 1.84. The second-order valence-electron chi connectivity index (χ2n) is 6.19. The van der Waals surface area contributed by atoms with Gasteiger partial charge in [-0.1, -0.05) is 5.16 Å². The lowest BCUT2D eigenvalue weighted by atomic mass is 10.1. The summed E-state index contributed by atoms with van der Waals surface area (Å²) < 4.78 is 29.9. The summed E-state index contributed by atoms with van der Waals surface area (Å²) in [5.41, 5.74) is 2.04. The van der Waals surface area contributed by atoms with Crippen LogP contribution >= 0.6 is 0 Å². The van der Waals surface area contributed by atoms with Gasteiger partial charge in [0, 0.05) is 24.8 Å². The van der Waals surface area contributed by atoms with Crippen molar-refractivity contribution in [1.29, 1.82) is 0 Å². The number of hydrogen-bond donors (Lipinski definition) is 1. The van der Waals surface area contributed by atoms with E-state index in [9.17, 15) is 13.2 Å². The first kappa shape index (κ1) is 16.8. The SMILES string of the molecule is Cc1cc(C(=O)NC2CCCN(S(C)(=O)=O)C2)c2c(C)noc2n1. The molecule has 2 aromatic heterocycles. The van der Waals surface area contributed by atoms with Crippen molar-refractivity contribution in [3.8, 4) is 0 Å². The number of carbonyl (C=O) groups is 1. The molecule has 0 saturated carbocycles. The maximum atomic E-state index is 12.7. The number of carbonyl (C=O) groups excluding carboxylic acids is 1. The van der Waals surface area contributed by atoms with Crippen molar-refractivity contribution in [2.24, 2.45) is 0 Å². The summed E-state index contributed by atoms with van der Waals surface area (Å²) in [5, 5.41) is 7.39. The van der Waals surface area contributed by atoms with Gasteiger partial charge in [-0.05, 0) is 32.8 Å². The summed E-state index contributed by atoms with van der Waals surface area (Å²) in [7, 11) is -3.25. The summed E-state index contributed by atoms with van der Waals surface area (Å²) in [4.78, 5) is 16.9. The minimum Gasteiger partial charge on any atom is -0.348 e. The highest BCUT2D eigenvalue weighted by Gasteiger charge is 2.28. The molecule has 9 heteroatoms. The number of pyridine rings is 1. The predicted octanol–water partition coefficient (Wildman–Crippen LogP) is 0.993. The van der Waals surface area contributed by atoms with Crippen LogP contribution in [0.25, 0.3) is 11.1 Å². The summed E-state index contributed by atoms with van der Waals surface area (Å²) in [6, 6.07) is 1.48. The van der Waals surface area contributed by atoms with Crippen molar-refractivity contribution in [3.05, 3.63) is 23.0 Å². The molecule has 1 saturated heterocycles. The molecule has 0 aromatic carbocycles. The van der Waals surface area contributed by atoms with Crippen LogP contribution < -0.4 is 5.32 Å². The number of piperidine rings is 1. The first-order chi connectivity index (χ1) is 11.3. The van der Waals surface area contributed by atoms with Gasteiger partial charge in [0.25, 0.3) is 11.6 Å². The first-order valence-corrected chi connectivity index (χ1v) is 9.60. The summed E-state index contributed by atoms with van der Waals surface area (Å²) in [5.74, 6) is -0.267. The molecule has 24 heavy (non-hydrogen) atoms. The molecule has 1 amide bonds. The molecule has 1 unspecified atom stereocenters. The van der Waals surface area contributed by atoms with E-state index in [1.807, 2.05) is 0 Å². The number of fused-ring (bicyclic) bond motifs is 1. The molecule has 8 nitrogen and oxygen atoms in total. The van der Waals surface area contributed by atoms with Crippen molar-refractivity contribution in [2.45, 2.75) is 32.7 Å². The maximum absolute atomic E-state index is 12.7. The van der Waals surface area contributed by atoms with Crippen molar-refractivity contribution in [2.75, 3.05) is 19.3 Å². The third-order valence-corrected chi connectivity index (χ3v) is 5.45. The number of sulfonamides is 1. The van der Waals surface area contributed by atoms with Gasteiger partial charge in [0.2, 0.25) is 10.0 Å². The number of amides is 1. The molecular weight excluding hydrogens is 332 g/mol. The third-order valence-electron chi connectivity index (χ3n) is 4.18. The Morgan fingerprint density at radius 3 is 2.88 bits per heavy atom. The topological polar surface area (TPSA) is 105 Å². The van der Waals surface area contributed by atoms with Gasteiger partial charge in [-0.25, -0.2) is 17.7 Å². The van der Waals surface area contributed by atoms with Gasteiger partial charge in [0.05, 0.1) is 22.9 Å². The van der Waals surface area contributed by atoms with E-state index in [0.717, 1.165) is 12.8 Å². The van der Waals surface area contributed by atoms with Crippen LogP contribution in [0, 0.1) is 13.8 Å². The van der Waals surface area contributed by atoms with Crippen LogP contribution in [0.2, 0.25) is 0 Å². The molecule has 1 N–H and O–H groups in total. The number of nitrogens with one attached hydrogen (secondary N) is 1. The fraction of sp³-hybridized carbons (Fsp3) is 0.533. The Morgan fingerprint density at radius 2 is 2.17 bits per heavy atom. The quantitative estimate of drug-likeness (QED) is 0.883. The number of rotatable bonds is 3. The molecule has 1 aliphatic heterocycles. The fourth-order valence-electron chi connectivity index (χ4n) is 3.02. The van der Waals surface area contributed by atoms with Gasteiger partial charge in [-0.15, -0.1) is 0 Å². The Kier molecular flexibility index (Phi) is 4.31. The van der Waals surface area contributed by atoms with E-state index in [1.54, 1.807) is 19.9 Å². The van der Waals surface area contributed by atoms with E-state index in [1.165, 1.54) is 10.6 Å². The zero-order valence-electron chi connectivity index (χ0n) is 13.9. The van der Waals surface area contributed by atoms with Gasteiger partial charge < -0.3 is 9.84 Å². The molecule has 3 rings (SSSR count). The summed E-state index contributed by atoms with van der Waals surface area (Å²) in [6.45, 7) is 4.32. The third kappa shape index (κ3) is 3.27.